The fourth-order valence-electron chi connectivity index (χ4n) is 3.58. The molecule has 2 N–H and O–H groups in total. The lowest BCUT2D eigenvalue weighted by Crippen LogP contribution is -2.39. The molecule has 1 aliphatic heterocycles. The van der Waals surface area contributed by atoms with Crippen molar-refractivity contribution in [3.05, 3.63) is 65.0 Å². The summed E-state index contributed by atoms with van der Waals surface area (Å²) in [6.07, 6.45) is 1.86. The van der Waals surface area contributed by atoms with Crippen molar-refractivity contribution in [2.24, 2.45) is 0 Å². The van der Waals surface area contributed by atoms with E-state index in [4.69, 9.17) is 5.11 Å². The summed E-state index contributed by atoms with van der Waals surface area (Å²) in [5.74, 6) is -0.930. The molecule has 3 aromatic rings. The number of nitrogens with one attached hydrogen (secondary N) is 1. The molecular weight excluding hydrogens is 360 g/mol. The molecule has 2 aromatic carbocycles. The minimum absolute atomic E-state index is 0.00327. The van der Waals surface area contributed by atoms with Crippen LogP contribution < -0.4 is 5.32 Å². The van der Waals surface area contributed by atoms with Gasteiger partial charge in [-0.1, -0.05) is 30.3 Å². The van der Waals surface area contributed by atoms with E-state index in [0.717, 1.165) is 36.0 Å². The van der Waals surface area contributed by atoms with Gasteiger partial charge in [-0.25, -0.2) is 4.79 Å². The maximum absolute atomic E-state index is 12.8. The third-order valence-electron chi connectivity index (χ3n) is 4.89. The van der Waals surface area contributed by atoms with Crippen LogP contribution in [-0.4, -0.2) is 34.5 Å². The molecule has 0 spiro atoms. The van der Waals surface area contributed by atoms with Crippen LogP contribution in [0.15, 0.2) is 54.6 Å². The number of carboxylic acids is 1. The van der Waals surface area contributed by atoms with Gasteiger partial charge in [0.25, 0.3) is 0 Å². The van der Waals surface area contributed by atoms with Gasteiger partial charge >= 0.3 is 5.97 Å². The number of hydrogen-bond acceptors (Lipinski definition) is 4. The molecule has 2 heterocycles. The molecule has 1 atom stereocenters. The summed E-state index contributed by atoms with van der Waals surface area (Å²) in [4.78, 5) is 26.5. The van der Waals surface area contributed by atoms with E-state index in [-0.39, 0.29) is 11.9 Å². The lowest BCUT2D eigenvalue weighted by Gasteiger charge is -2.23. The van der Waals surface area contributed by atoms with Crippen LogP contribution in [0.25, 0.3) is 10.1 Å². The van der Waals surface area contributed by atoms with Gasteiger partial charge in [-0.15, -0.1) is 11.3 Å². The Labute approximate surface area is 161 Å². The molecular formula is C21H20N2O3S. The Balaban J connectivity index is 1.47. The zero-order chi connectivity index (χ0) is 18.8. The second kappa shape index (κ2) is 7.50. The maximum Gasteiger partial charge on any atom is 0.345 e. The molecule has 1 saturated heterocycles. The predicted molar refractivity (Wildman–Crippen MR) is 107 cm³/mol. The molecule has 0 saturated carbocycles. The molecule has 0 bridgehead atoms. The van der Waals surface area contributed by atoms with Crippen LogP contribution in [0, 0.1) is 0 Å². The smallest absolute Gasteiger partial charge is 0.345 e. The molecule has 27 heavy (non-hydrogen) atoms. The number of benzene rings is 2. The van der Waals surface area contributed by atoms with Crippen LogP contribution in [0.4, 0.5) is 5.69 Å². The van der Waals surface area contributed by atoms with E-state index in [0.29, 0.717) is 10.6 Å². The number of carbonyl (C=O) groups excluding carboxylic acids is 1. The minimum Gasteiger partial charge on any atom is -0.477 e. The van der Waals surface area contributed by atoms with E-state index < -0.39 is 5.97 Å². The Morgan fingerprint density at radius 3 is 2.74 bits per heavy atom. The van der Waals surface area contributed by atoms with E-state index in [1.807, 2.05) is 36.4 Å². The molecule has 6 heteroatoms. The lowest BCUT2D eigenvalue weighted by atomic mass is 10.1. The van der Waals surface area contributed by atoms with Crippen molar-refractivity contribution in [1.82, 2.24) is 4.90 Å². The standard InChI is InChI=1S/C21H20N2O3S/c24-20(17-7-4-10-23(17)13-14-5-2-1-3-6-14)22-16-8-9-18-15(11-16)12-19(27-18)21(25)26/h1-3,5-6,8-9,11-12,17H,4,7,10,13H2,(H,22,24)(H,25,26)/t17-/m1/s1. The van der Waals surface area contributed by atoms with Crippen LogP contribution >= 0.6 is 11.3 Å². The zero-order valence-corrected chi connectivity index (χ0v) is 15.5. The third-order valence-corrected chi connectivity index (χ3v) is 5.99. The Morgan fingerprint density at radius 2 is 1.96 bits per heavy atom. The van der Waals surface area contributed by atoms with Crippen molar-refractivity contribution >= 4 is 39.0 Å². The highest BCUT2D eigenvalue weighted by Crippen LogP contribution is 2.29. The van der Waals surface area contributed by atoms with E-state index in [2.05, 4.69) is 22.3 Å². The minimum atomic E-state index is -0.927. The zero-order valence-electron chi connectivity index (χ0n) is 14.7. The number of anilines is 1. The van der Waals surface area contributed by atoms with Gasteiger partial charge in [0, 0.05) is 16.9 Å². The first-order valence-electron chi connectivity index (χ1n) is 8.96. The summed E-state index contributed by atoms with van der Waals surface area (Å²) >= 11 is 1.24. The van der Waals surface area contributed by atoms with Gasteiger partial charge in [0.1, 0.15) is 4.88 Å². The van der Waals surface area contributed by atoms with Crippen LogP contribution in [0.5, 0.6) is 0 Å². The molecule has 0 aliphatic carbocycles. The number of fused-ring (bicyclic) bond motifs is 1. The van der Waals surface area contributed by atoms with Gasteiger partial charge in [0.2, 0.25) is 5.91 Å². The van der Waals surface area contributed by atoms with Crippen LogP contribution in [0.2, 0.25) is 0 Å². The summed E-state index contributed by atoms with van der Waals surface area (Å²) in [7, 11) is 0. The van der Waals surface area contributed by atoms with Crippen molar-refractivity contribution in [3.63, 3.8) is 0 Å². The Morgan fingerprint density at radius 1 is 1.15 bits per heavy atom. The number of hydrogen-bond donors (Lipinski definition) is 2. The Hall–Kier alpha value is -2.70. The van der Waals surface area contributed by atoms with Gasteiger partial charge in [-0.3, -0.25) is 9.69 Å². The van der Waals surface area contributed by atoms with Gasteiger partial charge < -0.3 is 10.4 Å². The largest absolute Gasteiger partial charge is 0.477 e. The summed E-state index contributed by atoms with van der Waals surface area (Å²) in [6.45, 7) is 1.68. The first kappa shape index (κ1) is 17.7. The van der Waals surface area contributed by atoms with Crippen LogP contribution in [0.1, 0.15) is 28.1 Å². The van der Waals surface area contributed by atoms with Crippen LogP contribution in [0.3, 0.4) is 0 Å². The first-order chi connectivity index (χ1) is 13.1. The molecule has 1 amide bonds. The van der Waals surface area contributed by atoms with E-state index >= 15 is 0 Å². The molecule has 5 nitrogen and oxygen atoms in total. The molecule has 1 fully saturated rings. The second-order valence-corrected chi connectivity index (χ2v) is 7.86. The average molecular weight is 380 g/mol. The van der Waals surface area contributed by atoms with E-state index in [1.54, 1.807) is 6.07 Å². The highest BCUT2D eigenvalue weighted by atomic mass is 32.1. The van der Waals surface area contributed by atoms with Crippen molar-refractivity contribution in [2.45, 2.75) is 25.4 Å². The van der Waals surface area contributed by atoms with E-state index in [1.165, 1.54) is 16.9 Å². The third kappa shape index (κ3) is 3.86. The number of aromatic carboxylic acids is 1. The fraction of sp³-hybridized carbons (Fsp3) is 0.238. The fourth-order valence-corrected chi connectivity index (χ4v) is 4.46. The highest BCUT2D eigenvalue weighted by molar-refractivity contribution is 7.20. The van der Waals surface area contributed by atoms with Gasteiger partial charge in [-0.05, 0) is 54.6 Å². The number of rotatable bonds is 5. The quantitative estimate of drug-likeness (QED) is 0.696. The molecule has 1 aliphatic rings. The highest BCUT2D eigenvalue weighted by Gasteiger charge is 2.30. The second-order valence-electron chi connectivity index (χ2n) is 6.77. The predicted octanol–water partition coefficient (Wildman–Crippen LogP) is 4.20. The Kier molecular flexibility index (Phi) is 4.92. The summed E-state index contributed by atoms with van der Waals surface area (Å²) in [5.41, 5.74) is 1.91. The molecule has 138 valence electrons. The van der Waals surface area contributed by atoms with Gasteiger partial charge in [-0.2, -0.15) is 0 Å². The molecule has 0 radical (unpaired) electrons. The van der Waals surface area contributed by atoms with Crippen molar-refractivity contribution in [2.75, 3.05) is 11.9 Å². The van der Waals surface area contributed by atoms with Crippen molar-refractivity contribution in [1.29, 1.82) is 0 Å². The van der Waals surface area contributed by atoms with Gasteiger partial charge in [0.05, 0.1) is 6.04 Å². The average Bonchev–Trinajstić information content (AvgIpc) is 3.29. The number of amides is 1. The number of carbonyl (C=O) groups is 2. The van der Waals surface area contributed by atoms with Crippen molar-refractivity contribution < 1.29 is 14.7 Å². The molecule has 4 rings (SSSR count). The topological polar surface area (TPSA) is 69.6 Å². The summed E-state index contributed by atoms with van der Waals surface area (Å²) < 4.78 is 0.900. The van der Waals surface area contributed by atoms with Crippen molar-refractivity contribution in [3.8, 4) is 0 Å². The molecule has 0 unspecified atom stereocenters. The normalized spacial score (nSPS) is 17.3. The monoisotopic (exact) mass is 380 g/mol. The summed E-state index contributed by atoms with van der Waals surface area (Å²) in [6, 6.07) is 17.2. The van der Waals surface area contributed by atoms with Crippen LogP contribution in [-0.2, 0) is 11.3 Å². The maximum atomic E-state index is 12.8. The summed E-state index contributed by atoms with van der Waals surface area (Å²) in [5, 5.41) is 13.0. The van der Waals surface area contributed by atoms with Gasteiger partial charge in [0.15, 0.2) is 0 Å². The SMILES string of the molecule is O=C(O)c1cc2cc(NC(=O)[C@H]3CCCN3Cc3ccccc3)ccc2s1. The molecule has 1 aromatic heterocycles. The first-order valence-corrected chi connectivity index (χ1v) is 9.77. The number of carboxylic acid groups (broad SMARTS) is 1. The number of nitrogens with zero attached hydrogens (tertiary/aromatic N) is 1. The number of thiophene rings is 1. The number of likely N-dealkylation sites (tertiary alicyclic amines) is 1. The van der Waals surface area contributed by atoms with E-state index in [9.17, 15) is 9.59 Å². The Bertz CT molecular complexity index is 984. The lowest BCUT2D eigenvalue weighted by molar-refractivity contribution is -0.120.